The molecular weight excluding hydrogens is 709 g/mol. The number of esters is 2. The number of allylic oxidation sites excluding steroid dienone is 10. The van der Waals surface area contributed by atoms with Gasteiger partial charge in [0.2, 0.25) is 0 Å². The fourth-order valence-electron chi connectivity index (χ4n) is 5.07. The van der Waals surface area contributed by atoms with Crippen LogP contribution in [0.15, 0.2) is 60.8 Å². The van der Waals surface area contributed by atoms with Crippen molar-refractivity contribution in [1.29, 1.82) is 0 Å². The molecule has 0 bridgehead atoms. The number of phosphoric ester groups is 1. The molecule has 0 aliphatic rings. The summed E-state index contributed by atoms with van der Waals surface area (Å²) in [5.74, 6) is -2.50. The van der Waals surface area contributed by atoms with Crippen LogP contribution in [0.4, 0.5) is 0 Å². The molecule has 0 spiro atoms. The van der Waals surface area contributed by atoms with E-state index >= 15 is 0 Å². The van der Waals surface area contributed by atoms with Crippen molar-refractivity contribution in [2.24, 2.45) is 5.73 Å². The van der Waals surface area contributed by atoms with Crippen LogP contribution in [0.3, 0.4) is 0 Å². The first-order valence-electron chi connectivity index (χ1n) is 20.3. The summed E-state index contributed by atoms with van der Waals surface area (Å²) in [6.07, 6.45) is 41.6. The van der Waals surface area contributed by atoms with Gasteiger partial charge < -0.3 is 25.2 Å². The van der Waals surface area contributed by atoms with E-state index in [9.17, 15) is 23.8 Å². The number of carboxylic acid groups (broad SMARTS) is 1. The van der Waals surface area contributed by atoms with Crippen LogP contribution in [-0.2, 0) is 37.5 Å². The summed E-state index contributed by atoms with van der Waals surface area (Å²) in [4.78, 5) is 45.8. The fourth-order valence-corrected chi connectivity index (χ4v) is 5.85. The van der Waals surface area contributed by atoms with Crippen LogP contribution in [0.25, 0.3) is 0 Å². The van der Waals surface area contributed by atoms with E-state index in [0.29, 0.717) is 12.8 Å². The molecule has 11 nitrogen and oxygen atoms in total. The van der Waals surface area contributed by atoms with E-state index in [-0.39, 0.29) is 19.4 Å². The average molecular weight is 782 g/mol. The number of ether oxygens (including phenoxy) is 2. The Morgan fingerprint density at radius 3 is 1.65 bits per heavy atom. The SMILES string of the molecule is CC/C=C/C/C=C/C/C=C/C/C=C/CCCCC(=O)OC[C@H](COP(=O)(O)OC[C@H](N)C(=O)O)OC(=O)CC/C=C/CCCCCCCCCCCCC. The normalized spacial score (nSPS) is 14.4. The van der Waals surface area contributed by atoms with E-state index in [0.717, 1.165) is 51.4 Å². The zero-order valence-electron chi connectivity index (χ0n) is 33.3. The number of carboxylic acids is 1. The quantitative estimate of drug-likeness (QED) is 0.0237. The summed E-state index contributed by atoms with van der Waals surface area (Å²) in [6, 6.07) is -1.53. The molecule has 0 amide bonds. The lowest BCUT2D eigenvalue weighted by Gasteiger charge is -2.20. The van der Waals surface area contributed by atoms with Crippen molar-refractivity contribution in [3.05, 3.63) is 60.8 Å². The lowest BCUT2D eigenvalue weighted by molar-refractivity contribution is -0.161. The molecule has 0 rings (SSSR count). The molecular formula is C42H72NO10P. The van der Waals surface area contributed by atoms with Crippen LogP contribution in [0.2, 0.25) is 0 Å². The monoisotopic (exact) mass is 781 g/mol. The van der Waals surface area contributed by atoms with Crippen molar-refractivity contribution in [3.8, 4) is 0 Å². The maximum Gasteiger partial charge on any atom is 0.472 e. The Kier molecular flexibility index (Phi) is 35.2. The molecule has 0 saturated carbocycles. The average Bonchev–Trinajstić information content (AvgIpc) is 3.14. The van der Waals surface area contributed by atoms with Gasteiger partial charge in [0, 0.05) is 12.8 Å². The van der Waals surface area contributed by atoms with Crippen LogP contribution in [0.1, 0.15) is 155 Å². The highest BCUT2D eigenvalue weighted by Crippen LogP contribution is 2.43. The van der Waals surface area contributed by atoms with Gasteiger partial charge in [0.05, 0.1) is 13.2 Å². The lowest BCUT2D eigenvalue weighted by Crippen LogP contribution is -2.34. The Bertz CT molecular complexity index is 1150. The third kappa shape index (κ3) is 36.2. The molecule has 0 radical (unpaired) electrons. The topological polar surface area (TPSA) is 172 Å². The van der Waals surface area contributed by atoms with Crippen LogP contribution in [0.5, 0.6) is 0 Å². The van der Waals surface area contributed by atoms with Gasteiger partial charge >= 0.3 is 25.7 Å². The second-order valence-electron chi connectivity index (χ2n) is 13.4. The number of carbonyl (C=O) groups excluding carboxylic acids is 2. The number of hydrogen-bond donors (Lipinski definition) is 3. The molecule has 4 N–H and O–H groups in total. The number of aliphatic carboxylic acids is 1. The smallest absolute Gasteiger partial charge is 0.472 e. The summed E-state index contributed by atoms with van der Waals surface area (Å²) in [5, 5.41) is 8.87. The molecule has 12 heteroatoms. The van der Waals surface area contributed by atoms with Gasteiger partial charge in [-0.15, -0.1) is 0 Å². The molecule has 3 atom stereocenters. The van der Waals surface area contributed by atoms with Crippen LogP contribution in [-0.4, -0.2) is 59.9 Å². The summed E-state index contributed by atoms with van der Waals surface area (Å²) in [7, 11) is -4.73. The third-order valence-corrected chi connectivity index (χ3v) is 9.21. The first-order valence-corrected chi connectivity index (χ1v) is 21.8. The molecule has 1 unspecified atom stereocenters. The number of hydrogen-bond acceptors (Lipinski definition) is 9. The number of rotatable bonds is 37. The van der Waals surface area contributed by atoms with Crippen molar-refractivity contribution in [2.75, 3.05) is 19.8 Å². The molecule has 0 aliphatic heterocycles. The summed E-state index contributed by atoms with van der Waals surface area (Å²) < 4.78 is 32.5. The third-order valence-electron chi connectivity index (χ3n) is 8.26. The van der Waals surface area contributed by atoms with Crippen molar-refractivity contribution in [2.45, 2.75) is 167 Å². The second kappa shape index (κ2) is 37.1. The molecule has 0 fully saturated rings. The largest absolute Gasteiger partial charge is 0.480 e. The summed E-state index contributed by atoms with van der Waals surface area (Å²) >= 11 is 0. The van der Waals surface area contributed by atoms with E-state index in [1.54, 1.807) is 0 Å². The molecule has 0 heterocycles. The van der Waals surface area contributed by atoms with Crippen LogP contribution < -0.4 is 5.73 Å². The Morgan fingerprint density at radius 1 is 0.593 bits per heavy atom. The number of unbranched alkanes of at least 4 members (excludes halogenated alkanes) is 13. The fraction of sp³-hybridized carbons (Fsp3) is 0.690. The maximum atomic E-state index is 12.6. The molecule has 0 aromatic carbocycles. The predicted molar refractivity (Wildman–Crippen MR) is 217 cm³/mol. The molecule has 310 valence electrons. The highest BCUT2D eigenvalue weighted by Gasteiger charge is 2.28. The summed E-state index contributed by atoms with van der Waals surface area (Å²) in [5.41, 5.74) is 5.32. The van der Waals surface area contributed by atoms with Crippen molar-refractivity contribution in [1.82, 2.24) is 0 Å². The van der Waals surface area contributed by atoms with Gasteiger partial charge in [0.25, 0.3) is 0 Å². The van der Waals surface area contributed by atoms with E-state index < -0.39 is 51.1 Å². The molecule has 0 saturated heterocycles. The highest BCUT2D eigenvalue weighted by molar-refractivity contribution is 7.47. The standard InChI is InChI=1S/C42H72NO10P/c1-3-5-7-9-11-13-15-17-19-21-23-25-27-29-31-33-40(44)50-35-38(36-51-54(48,49)52-37-39(43)42(46)47)53-41(45)34-32-30-28-26-24-22-20-18-16-14-12-10-8-6-4-2/h5,7,11,13,17,19,23,25,28,30,38-39H,3-4,6,8-10,12,14-16,18,20-22,24,26-27,29,31-37,43H2,1-2H3,(H,46,47)(H,48,49)/b7-5+,13-11+,19-17+,25-23+,30-28+/t38-,39+/m1/s1. The van der Waals surface area contributed by atoms with Gasteiger partial charge in [-0.3, -0.25) is 23.4 Å². The van der Waals surface area contributed by atoms with Crippen LogP contribution >= 0.6 is 7.82 Å². The minimum Gasteiger partial charge on any atom is -0.480 e. The van der Waals surface area contributed by atoms with Gasteiger partial charge in [-0.2, -0.15) is 0 Å². The molecule has 0 aromatic rings. The van der Waals surface area contributed by atoms with Crippen molar-refractivity contribution >= 4 is 25.7 Å². The van der Waals surface area contributed by atoms with Gasteiger partial charge in [-0.25, -0.2) is 4.57 Å². The van der Waals surface area contributed by atoms with Gasteiger partial charge in [0.15, 0.2) is 6.10 Å². The zero-order chi connectivity index (χ0) is 40.0. The van der Waals surface area contributed by atoms with E-state index in [2.05, 4.69) is 73.1 Å². The zero-order valence-corrected chi connectivity index (χ0v) is 34.2. The number of carbonyl (C=O) groups is 3. The first-order chi connectivity index (χ1) is 26.1. The van der Waals surface area contributed by atoms with Gasteiger partial charge in [0.1, 0.15) is 12.6 Å². The highest BCUT2D eigenvalue weighted by atomic mass is 31.2. The molecule has 54 heavy (non-hydrogen) atoms. The van der Waals surface area contributed by atoms with Crippen molar-refractivity contribution < 1.29 is 47.5 Å². The predicted octanol–water partition coefficient (Wildman–Crippen LogP) is 10.4. The Hall–Kier alpha value is -2.82. The first kappa shape index (κ1) is 51.2. The van der Waals surface area contributed by atoms with E-state index in [1.165, 1.54) is 64.2 Å². The van der Waals surface area contributed by atoms with Gasteiger partial charge in [-0.05, 0) is 64.2 Å². The lowest BCUT2D eigenvalue weighted by atomic mass is 10.1. The minimum atomic E-state index is -4.73. The van der Waals surface area contributed by atoms with Gasteiger partial charge in [-0.1, -0.05) is 139 Å². The molecule has 0 aromatic heterocycles. The number of phosphoric acid groups is 1. The Labute approximate surface area is 326 Å². The van der Waals surface area contributed by atoms with E-state index in [4.69, 9.17) is 24.8 Å². The maximum absolute atomic E-state index is 12.6. The second-order valence-corrected chi connectivity index (χ2v) is 14.8. The summed E-state index contributed by atoms with van der Waals surface area (Å²) in [6.45, 7) is 2.59. The Balaban J connectivity index is 4.52. The van der Waals surface area contributed by atoms with Crippen molar-refractivity contribution in [3.63, 3.8) is 0 Å². The number of nitrogens with two attached hydrogens (primary N) is 1. The molecule has 0 aliphatic carbocycles. The van der Waals surface area contributed by atoms with E-state index in [1.807, 2.05) is 6.08 Å². The minimum absolute atomic E-state index is 0.0667. The van der Waals surface area contributed by atoms with Crippen LogP contribution in [0, 0.1) is 0 Å². The Morgan fingerprint density at radius 2 is 1.07 bits per heavy atom.